The molecule has 1 aliphatic rings. The molecule has 0 saturated heterocycles. The van der Waals surface area contributed by atoms with Gasteiger partial charge in [0.05, 0.1) is 34.1 Å². The van der Waals surface area contributed by atoms with E-state index in [0.717, 1.165) is 0 Å². The highest BCUT2D eigenvalue weighted by molar-refractivity contribution is 6.37. The van der Waals surface area contributed by atoms with Gasteiger partial charge in [-0.3, -0.25) is 14.9 Å². The maximum absolute atomic E-state index is 13.2. The number of nitrogens with zero attached hydrogens (tertiary/aromatic N) is 1. The highest BCUT2D eigenvalue weighted by Crippen LogP contribution is 2.39. The zero-order chi connectivity index (χ0) is 26.0. The van der Waals surface area contributed by atoms with Gasteiger partial charge in [-0.2, -0.15) is 0 Å². The van der Waals surface area contributed by atoms with Crippen molar-refractivity contribution in [3.05, 3.63) is 99.1 Å². The van der Waals surface area contributed by atoms with Crippen molar-refractivity contribution in [3.8, 4) is 0 Å². The van der Waals surface area contributed by atoms with Gasteiger partial charge in [-0.25, -0.2) is 4.79 Å². The lowest BCUT2D eigenvalue weighted by Gasteiger charge is -2.20. The van der Waals surface area contributed by atoms with E-state index >= 15 is 0 Å². The number of esters is 1. The second-order valence-corrected chi connectivity index (χ2v) is 8.89. The number of amides is 1. The van der Waals surface area contributed by atoms with Gasteiger partial charge in [0.15, 0.2) is 0 Å². The molecule has 0 radical (unpaired) electrons. The van der Waals surface area contributed by atoms with Crippen LogP contribution >= 0.6 is 0 Å². The first-order valence-electron chi connectivity index (χ1n) is 11.4. The largest absolute Gasteiger partial charge is 0.462 e. The third kappa shape index (κ3) is 4.82. The fourth-order valence-corrected chi connectivity index (χ4v) is 4.10. The molecule has 0 spiro atoms. The summed E-state index contributed by atoms with van der Waals surface area (Å²) in [5, 5.41) is 17.8. The van der Waals surface area contributed by atoms with Crippen molar-refractivity contribution in [2.45, 2.75) is 26.3 Å². The van der Waals surface area contributed by atoms with Gasteiger partial charge in [0.25, 0.3) is 11.6 Å². The number of nitrogens with one attached hydrogen (secondary N) is 2. The third-order valence-electron chi connectivity index (χ3n) is 5.75. The Balaban J connectivity index is 1.85. The number of hydrogen-bond acceptors (Lipinski definition) is 7. The predicted molar refractivity (Wildman–Crippen MR) is 138 cm³/mol. The first-order valence-corrected chi connectivity index (χ1v) is 11.4. The van der Waals surface area contributed by atoms with E-state index in [-0.39, 0.29) is 18.2 Å². The summed E-state index contributed by atoms with van der Waals surface area (Å²) in [7, 11) is 0. The van der Waals surface area contributed by atoms with Crippen LogP contribution in [0.4, 0.5) is 17.1 Å². The smallest absolute Gasteiger partial charge is 0.338 e. The molecule has 36 heavy (non-hydrogen) atoms. The van der Waals surface area contributed by atoms with E-state index in [1.165, 1.54) is 6.07 Å². The van der Waals surface area contributed by atoms with E-state index in [1.54, 1.807) is 51.1 Å². The molecule has 0 aliphatic carbocycles. The summed E-state index contributed by atoms with van der Waals surface area (Å²) in [4.78, 5) is 36.6. The molecule has 4 N–H and O–H groups in total. The summed E-state index contributed by atoms with van der Waals surface area (Å²) in [5.74, 6) is -0.852. The molecule has 3 aromatic rings. The van der Waals surface area contributed by atoms with Crippen LogP contribution in [0.1, 0.15) is 47.8 Å². The number of nitro groups is 1. The van der Waals surface area contributed by atoms with E-state index < -0.39 is 16.4 Å². The quantitative estimate of drug-likeness (QED) is 0.187. The number of nitro benzene ring substituents is 1. The normalized spacial score (nSPS) is 14.1. The van der Waals surface area contributed by atoms with Gasteiger partial charge in [0.2, 0.25) is 0 Å². The minimum absolute atomic E-state index is 0.125. The molecule has 0 unspecified atom stereocenters. The first kappa shape index (κ1) is 24.6. The second kappa shape index (κ2) is 9.63. The molecule has 1 aliphatic heterocycles. The van der Waals surface area contributed by atoms with Gasteiger partial charge < -0.3 is 21.1 Å². The molecule has 0 bridgehead atoms. The number of nitrogens with two attached hydrogens (primary N) is 1. The van der Waals surface area contributed by atoms with Gasteiger partial charge in [-0.15, -0.1) is 0 Å². The zero-order valence-corrected chi connectivity index (χ0v) is 20.1. The monoisotopic (exact) mass is 486 g/mol. The fraction of sp³-hybridized carbons (Fsp3) is 0.185. The van der Waals surface area contributed by atoms with Crippen LogP contribution in [-0.2, 0) is 15.1 Å². The summed E-state index contributed by atoms with van der Waals surface area (Å²) in [6, 6.07) is 18.7. The molecule has 9 nitrogen and oxygen atoms in total. The molecule has 3 aromatic carbocycles. The van der Waals surface area contributed by atoms with E-state index in [9.17, 15) is 19.7 Å². The second-order valence-electron chi connectivity index (χ2n) is 8.89. The van der Waals surface area contributed by atoms with Crippen molar-refractivity contribution in [3.63, 3.8) is 0 Å². The summed E-state index contributed by atoms with van der Waals surface area (Å²) in [6.07, 6.45) is 0. The molecule has 0 fully saturated rings. The van der Waals surface area contributed by atoms with Crippen molar-refractivity contribution in [2.75, 3.05) is 17.2 Å². The summed E-state index contributed by atoms with van der Waals surface area (Å²) in [5.41, 5.74) is 8.81. The minimum atomic E-state index is -0.914. The Morgan fingerprint density at radius 2 is 1.81 bits per heavy atom. The van der Waals surface area contributed by atoms with Crippen LogP contribution in [0.25, 0.3) is 11.3 Å². The predicted octanol–water partition coefficient (Wildman–Crippen LogP) is 4.90. The molecule has 0 saturated carbocycles. The van der Waals surface area contributed by atoms with Crippen LogP contribution in [0.3, 0.4) is 0 Å². The Kier molecular flexibility index (Phi) is 6.59. The van der Waals surface area contributed by atoms with Crippen molar-refractivity contribution in [1.82, 2.24) is 0 Å². The molecular formula is C27H26N4O5. The van der Waals surface area contributed by atoms with Crippen LogP contribution in [0.5, 0.6) is 0 Å². The lowest BCUT2D eigenvalue weighted by atomic mass is 9.93. The third-order valence-corrected chi connectivity index (χ3v) is 5.75. The SMILES string of the molecule is CCOC(=O)c1ccc2c(c1)NC(=O)C2=C(Nc1ccc(C(C)(C)N)c([N+](=O)[O-])c1)c1ccccc1. The van der Waals surface area contributed by atoms with Gasteiger partial charge >= 0.3 is 5.97 Å². The Morgan fingerprint density at radius 1 is 1.08 bits per heavy atom. The van der Waals surface area contributed by atoms with Gasteiger partial charge in [-0.05, 0) is 50.6 Å². The Bertz CT molecular complexity index is 1390. The zero-order valence-electron chi connectivity index (χ0n) is 20.1. The van der Waals surface area contributed by atoms with E-state index in [1.807, 2.05) is 30.3 Å². The Labute approximate surface area is 208 Å². The number of fused-ring (bicyclic) bond motifs is 1. The van der Waals surface area contributed by atoms with Crippen LogP contribution < -0.4 is 16.4 Å². The van der Waals surface area contributed by atoms with Crippen molar-refractivity contribution < 1.29 is 19.2 Å². The lowest BCUT2D eigenvalue weighted by molar-refractivity contribution is -0.385. The lowest BCUT2D eigenvalue weighted by Crippen LogP contribution is -2.29. The maximum atomic E-state index is 13.2. The molecule has 4 rings (SSSR count). The molecule has 0 atom stereocenters. The standard InChI is InChI=1S/C27H26N4O5/c1-4-36-26(33)17-10-12-19-21(14-17)30-25(32)23(19)24(16-8-6-5-7-9-16)29-18-11-13-20(27(2,3)28)22(15-18)31(34)35/h5-15,29H,4,28H2,1-3H3,(H,30,32). The molecule has 9 heteroatoms. The number of rotatable bonds is 7. The molecule has 184 valence electrons. The van der Waals surface area contributed by atoms with Gasteiger partial charge in [0, 0.05) is 28.4 Å². The number of hydrogen-bond donors (Lipinski definition) is 3. The highest BCUT2D eigenvalue weighted by atomic mass is 16.6. The van der Waals surface area contributed by atoms with Crippen molar-refractivity contribution in [1.29, 1.82) is 0 Å². The van der Waals surface area contributed by atoms with Crippen LogP contribution in [-0.4, -0.2) is 23.4 Å². The number of carbonyl (C=O) groups excluding carboxylic acids is 2. The molecule has 1 heterocycles. The average molecular weight is 487 g/mol. The highest BCUT2D eigenvalue weighted by Gasteiger charge is 2.30. The van der Waals surface area contributed by atoms with Crippen molar-refractivity contribution >= 4 is 40.2 Å². The Morgan fingerprint density at radius 3 is 2.44 bits per heavy atom. The van der Waals surface area contributed by atoms with E-state index in [2.05, 4.69) is 10.6 Å². The van der Waals surface area contributed by atoms with E-state index in [0.29, 0.717) is 44.9 Å². The number of carbonyl (C=O) groups is 2. The molecule has 1 amide bonds. The summed E-state index contributed by atoms with van der Waals surface area (Å²) >= 11 is 0. The molecule has 0 aromatic heterocycles. The van der Waals surface area contributed by atoms with Crippen LogP contribution in [0.2, 0.25) is 0 Å². The van der Waals surface area contributed by atoms with Crippen LogP contribution in [0, 0.1) is 10.1 Å². The minimum Gasteiger partial charge on any atom is -0.462 e. The fourth-order valence-electron chi connectivity index (χ4n) is 4.10. The van der Waals surface area contributed by atoms with Gasteiger partial charge in [0.1, 0.15) is 0 Å². The number of benzene rings is 3. The van der Waals surface area contributed by atoms with Crippen LogP contribution in [0.15, 0.2) is 66.7 Å². The van der Waals surface area contributed by atoms with E-state index in [4.69, 9.17) is 10.5 Å². The number of ether oxygens (including phenoxy) is 1. The number of anilines is 2. The topological polar surface area (TPSA) is 137 Å². The average Bonchev–Trinajstić information content (AvgIpc) is 3.17. The summed E-state index contributed by atoms with van der Waals surface area (Å²) in [6.45, 7) is 5.35. The maximum Gasteiger partial charge on any atom is 0.338 e. The molecular weight excluding hydrogens is 460 g/mol. The van der Waals surface area contributed by atoms with Gasteiger partial charge in [-0.1, -0.05) is 36.4 Å². The first-order chi connectivity index (χ1) is 17.1. The summed E-state index contributed by atoms with van der Waals surface area (Å²) < 4.78 is 5.06. The van der Waals surface area contributed by atoms with Crippen molar-refractivity contribution in [2.24, 2.45) is 5.73 Å². The Hall–Kier alpha value is -4.50.